The van der Waals surface area contributed by atoms with Crippen molar-refractivity contribution in [3.05, 3.63) is 32.9 Å². The van der Waals surface area contributed by atoms with Crippen LogP contribution < -0.4 is 11.2 Å². The SMILES string of the molecule is CCCCCCC(=O)OCn1c(=O)c(F)cn([C@H]2C[C@H](OC(=O)OCCCC)[C@@H](COC(=O)OCCCC)O2)c1=O. The van der Waals surface area contributed by atoms with Gasteiger partial charge in [-0.25, -0.2) is 19.0 Å². The number of hydrogen-bond donors (Lipinski definition) is 0. The van der Waals surface area contributed by atoms with Gasteiger partial charge in [-0.05, 0) is 19.3 Å². The maximum absolute atomic E-state index is 14.6. The molecule has 0 bridgehead atoms. The van der Waals surface area contributed by atoms with Gasteiger partial charge in [0.1, 0.15) is 25.0 Å². The molecule has 2 rings (SSSR count). The third-order valence-corrected chi connectivity index (χ3v) is 6.28. The van der Waals surface area contributed by atoms with Crippen LogP contribution in [0.15, 0.2) is 15.8 Å². The van der Waals surface area contributed by atoms with Gasteiger partial charge in [0.15, 0.2) is 6.73 Å². The Morgan fingerprint density at radius 3 is 2.22 bits per heavy atom. The van der Waals surface area contributed by atoms with Crippen LogP contribution in [0.5, 0.6) is 0 Å². The first-order valence-electron chi connectivity index (χ1n) is 14.2. The van der Waals surface area contributed by atoms with Gasteiger partial charge in [-0.15, -0.1) is 0 Å². The summed E-state index contributed by atoms with van der Waals surface area (Å²) in [5.74, 6) is -1.92. The number of rotatable bonds is 17. The predicted octanol–water partition coefficient (Wildman–Crippen LogP) is 4.18. The van der Waals surface area contributed by atoms with Gasteiger partial charge in [0.25, 0.3) is 5.56 Å². The van der Waals surface area contributed by atoms with Gasteiger partial charge in [0, 0.05) is 12.8 Å². The van der Waals surface area contributed by atoms with Crippen LogP contribution in [-0.4, -0.2) is 59.4 Å². The number of carbonyl (C=O) groups is 3. The number of halogens is 1. The largest absolute Gasteiger partial charge is 0.508 e. The Morgan fingerprint density at radius 2 is 1.56 bits per heavy atom. The molecular formula is C27H41FN2O11. The van der Waals surface area contributed by atoms with Crippen LogP contribution in [0.3, 0.4) is 0 Å². The van der Waals surface area contributed by atoms with Crippen LogP contribution in [0, 0.1) is 5.82 Å². The summed E-state index contributed by atoms with van der Waals surface area (Å²) < 4.78 is 47.1. The lowest BCUT2D eigenvalue weighted by atomic mass is 10.2. The maximum Gasteiger partial charge on any atom is 0.508 e. The summed E-state index contributed by atoms with van der Waals surface area (Å²) in [7, 11) is 0. The molecule has 232 valence electrons. The van der Waals surface area contributed by atoms with E-state index in [4.69, 9.17) is 28.4 Å². The van der Waals surface area contributed by atoms with Gasteiger partial charge < -0.3 is 28.4 Å². The van der Waals surface area contributed by atoms with Crippen molar-refractivity contribution >= 4 is 18.3 Å². The highest BCUT2D eigenvalue weighted by molar-refractivity contribution is 5.69. The van der Waals surface area contributed by atoms with Gasteiger partial charge in [-0.3, -0.25) is 14.2 Å². The molecule has 0 N–H and O–H groups in total. The van der Waals surface area contributed by atoms with E-state index in [9.17, 15) is 28.4 Å². The van der Waals surface area contributed by atoms with Crippen molar-refractivity contribution in [2.24, 2.45) is 0 Å². The van der Waals surface area contributed by atoms with Crippen LogP contribution >= 0.6 is 0 Å². The van der Waals surface area contributed by atoms with Crippen molar-refractivity contribution in [1.82, 2.24) is 9.13 Å². The second kappa shape index (κ2) is 18.1. The zero-order valence-electron chi connectivity index (χ0n) is 24.0. The fourth-order valence-corrected chi connectivity index (χ4v) is 3.91. The average Bonchev–Trinajstić information content (AvgIpc) is 3.34. The van der Waals surface area contributed by atoms with Crippen molar-refractivity contribution in [2.75, 3.05) is 19.8 Å². The molecule has 0 saturated carbocycles. The molecule has 14 heteroatoms. The van der Waals surface area contributed by atoms with E-state index in [0.717, 1.165) is 36.7 Å². The standard InChI is InChI=1S/C27H41FN2O11/c1-4-7-10-11-12-23(31)39-18-30-24(32)19(28)16-29(25(30)33)22-15-20(41-27(35)37-14-9-6-3)21(40-22)17-38-26(34)36-13-8-5-2/h16,20-22H,4-15,17-18H2,1-3H3/t20-,21+,22+/m0/s1. The molecule has 1 aromatic heterocycles. The highest BCUT2D eigenvalue weighted by Gasteiger charge is 2.41. The molecule has 0 aliphatic carbocycles. The van der Waals surface area contributed by atoms with Gasteiger partial charge in [0.2, 0.25) is 5.82 Å². The molecule has 0 unspecified atom stereocenters. The number of hydrogen-bond acceptors (Lipinski definition) is 11. The third-order valence-electron chi connectivity index (χ3n) is 6.28. The molecule has 1 aromatic rings. The van der Waals surface area contributed by atoms with Gasteiger partial charge in [0.05, 0.1) is 19.4 Å². The molecule has 1 saturated heterocycles. The van der Waals surface area contributed by atoms with Gasteiger partial charge in [-0.2, -0.15) is 4.39 Å². The van der Waals surface area contributed by atoms with Crippen LogP contribution in [0.4, 0.5) is 14.0 Å². The summed E-state index contributed by atoms with van der Waals surface area (Å²) in [6, 6.07) is 0. The summed E-state index contributed by atoms with van der Waals surface area (Å²) in [5.41, 5.74) is -2.28. The fraction of sp³-hybridized carbons (Fsp3) is 0.741. The van der Waals surface area contributed by atoms with Crippen LogP contribution in [0.1, 0.15) is 91.2 Å². The van der Waals surface area contributed by atoms with Crippen molar-refractivity contribution in [3.8, 4) is 0 Å². The minimum atomic E-state index is -1.29. The van der Waals surface area contributed by atoms with E-state index < -0.39 is 67.1 Å². The van der Waals surface area contributed by atoms with E-state index in [0.29, 0.717) is 30.0 Å². The zero-order valence-corrected chi connectivity index (χ0v) is 24.0. The lowest BCUT2D eigenvalue weighted by molar-refractivity contribution is -0.148. The lowest BCUT2D eigenvalue weighted by Crippen LogP contribution is -2.43. The topological polar surface area (TPSA) is 151 Å². The Morgan fingerprint density at radius 1 is 0.902 bits per heavy atom. The van der Waals surface area contributed by atoms with Crippen molar-refractivity contribution in [3.63, 3.8) is 0 Å². The third kappa shape index (κ3) is 11.2. The number of esters is 1. The first-order chi connectivity index (χ1) is 19.7. The van der Waals surface area contributed by atoms with E-state index in [1.54, 1.807) is 0 Å². The summed E-state index contributed by atoms with van der Waals surface area (Å²) in [5, 5.41) is 0. The molecule has 0 aromatic carbocycles. The minimum absolute atomic E-state index is 0.0971. The molecule has 2 heterocycles. The van der Waals surface area contributed by atoms with Crippen LogP contribution in [0.2, 0.25) is 0 Å². The summed E-state index contributed by atoms with van der Waals surface area (Å²) in [4.78, 5) is 61.6. The molecule has 13 nitrogen and oxygen atoms in total. The quantitative estimate of drug-likeness (QED) is 0.146. The number of aromatic nitrogens is 2. The summed E-state index contributed by atoms with van der Waals surface area (Å²) >= 11 is 0. The normalized spacial score (nSPS) is 18.1. The van der Waals surface area contributed by atoms with Gasteiger partial charge >= 0.3 is 24.0 Å². The lowest BCUT2D eigenvalue weighted by Gasteiger charge is -2.18. The van der Waals surface area contributed by atoms with E-state index in [2.05, 4.69) is 0 Å². The number of carbonyl (C=O) groups excluding carboxylic acids is 3. The predicted molar refractivity (Wildman–Crippen MR) is 142 cm³/mol. The first kappa shape index (κ1) is 33.8. The molecule has 0 amide bonds. The monoisotopic (exact) mass is 588 g/mol. The van der Waals surface area contributed by atoms with Gasteiger partial charge in [-0.1, -0.05) is 52.9 Å². The molecule has 1 aliphatic heterocycles. The molecular weight excluding hydrogens is 547 g/mol. The highest BCUT2D eigenvalue weighted by Crippen LogP contribution is 2.30. The zero-order chi connectivity index (χ0) is 30.2. The Kier molecular flexibility index (Phi) is 14.9. The van der Waals surface area contributed by atoms with Crippen LogP contribution in [0.25, 0.3) is 0 Å². The first-order valence-corrected chi connectivity index (χ1v) is 14.2. The summed E-state index contributed by atoms with van der Waals surface area (Å²) in [6.45, 7) is 4.97. The molecule has 41 heavy (non-hydrogen) atoms. The Balaban J connectivity index is 2.16. The minimum Gasteiger partial charge on any atom is -0.444 e. The number of nitrogens with zero attached hydrogens (tertiary/aromatic N) is 2. The highest BCUT2D eigenvalue weighted by atomic mass is 19.1. The average molecular weight is 589 g/mol. The Labute approximate surface area is 237 Å². The molecule has 1 aliphatic rings. The summed E-state index contributed by atoms with van der Waals surface area (Å²) in [6.07, 6.45) is 1.55. The van der Waals surface area contributed by atoms with Crippen LogP contribution in [-0.2, 0) is 39.9 Å². The Bertz CT molecular complexity index is 1100. The molecule has 1 fully saturated rings. The second-order valence-electron chi connectivity index (χ2n) is 9.59. The molecule has 3 atom stereocenters. The van der Waals surface area contributed by atoms with E-state index in [-0.39, 0.29) is 26.1 Å². The number of unbranched alkanes of at least 4 members (excludes halogenated alkanes) is 5. The smallest absolute Gasteiger partial charge is 0.444 e. The van der Waals surface area contributed by atoms with E-state index >= 15 is 0 Å². The molecule has 0 spiro atoms. The second-order valence-corrected chi connectivity index (χ2v) is 9.59. The number of ether oxygens (including phenoxy) is 6. The fourth-order valence-electron chi connectivity index (χ4n) is 3.91. The van der Waals surface area contributed by atoms with Crippen molar-refractivity contribution < 1.29 is 47.2 Å². The van der Waals surface area contributed by atoms with E-state index in [1.807, 2.05) is 20.8 Å². The molecule has 0 radical (unpaired) electrons. The van der Waals surface area contributed by atoms with Crippen molar-refractivity contribution in [2.45, 2.75) is 110 Å². The Hall–Kier alpha value is -3.42. The van der Waals surface area contributed by atoms with E-state index in [1.165, 1.54) is 0 Å². The maximum atomic E-state index is 14.6. The van der Waals surface area contributed by atoms with Crippen molar-refractivity contribution in [1.29, 1.82) is 0 Å².